The van der Waals surface area contributed by atoms with E-state index in [2.05, 4.69) is 27.3 Å². The highest BCUT2D eigenvalue weighted by Crippen LogP contribution is 2.30. The van der Waals surface area contributed by atoms with Gasteiger partial charge in [0.05, 0.1) is 6.20 Å². The lowest BCUT2D eigenvalue weighted by molar-refractivity contribution is 0.102. The molecule has 2 aromatic heterocycles. The fraction of sp³-hybridized carbons (Fsp3) is 0.400. The van der Waals surface area contributed by atoms with Crippen molar-refractivity contribution in [3.63, 3.8) is 0 Å². The van der Waals surface area contributed by atoms with Gasteiger partial charge in [-0.25, -0.2) is 0 Å². The standard InChI is InChI=1S/C15H19N5O/c1-19-9-3-4-13(19)11-5-7-16-12(10-11)15(21)18-14-6-8-17-20(14)2/h5-8,10,13H,3-4,9H2,1-2H3,(H,18,21). The van der Waals surface area contributed by atoms with Gasteiger partial charge in [0.25, 0.3) is 5.91 Å². The summed E-state index contributed by atoms with van der Waals surface area (Å²) >= 11 is 0. The summed E-state index contributed by atoms with van der Waals surface area (Å²) < 4.78 is 1.62. The van der Waals surface area contributed by atoms with E-state index in [4.69, 9.17) is 0 Å². The summed E-state index contributed by atoms with van der Waals surface area (Å²) in [5.41, 5.74) is 1.59. The molecular weight excluding hydrogens is 266 g/mol. The first-order chi connectivity index (χ1) is 10.1. The maximum absolute atomic E-state index is 12.3. The number of rotatable bonds is 3. The van der Waals surface area contributed by atoms with E-state index in [1.807, 2.05) is 12.1 Å². The molecule has 1 atom stereocenters. The lowest BCUT2D eigenvalue weighted by Crippen LogP contribution is -2.19. The molecule has 21 heavy (non-hydrogen) atoms. The number of nitrogens with zero attached hydrogens (tertiary/aromatic N) is 4. The molecule has 0 bridgehead atoms. The third-order valence-corrected chi connectivity index (χ3v) is 3.98. The van der Waals surface area contributed by atoms with E-state index in [1.165, 1.54) is 6.42 Å². The molecule has 2 aromatic rings. The predicted octanol–water partition coefficient (Wildman–Crippen LogP) is 1.83. The molecule has 0 saturated carbocycles. The van der Waals surface area contributed by atoms with E-state index in [9.17, 15) is 4.79 Å². The van der Waals surface area contributed by atoms with Crippen molar-refractivity contribution in [3.05, 3.63) is 41.9 Å². The molecule has 6 nitrogen and oxygen atoms in total. The number of aromatic nitrogens is 3. The van der Waals surface area contributed by atoms with Gasteiger partial charge in [-0.05, 0) is 44.1 Å². The summed E-state index contributed by atoms with van der Waals surface area (Å²) in [6.45, 7) is 1.10. The van der Waals surface area contributed by atoms with Crippen LogP contribution < -0.4 is 5.32 Å². The number of aryl methyl sites for hydroxylation is 1. The summed E-state index contributed by atoms with van der Waals surface area (Å²) in [4.78, 5) is 18.8. The monoisotopic (exact) mass is 285 g/mol. The minimum atomic E-state index is -0.207. The minimum Gasteiger partial charge on any atom is -0.305 e. The number of carbonyl (C=O) groups is 1. The maximum atomic E-state index is 12.3. The Morgan fingerprint density at radius 2 is 2.19 bits per heavy atom. The maximum Gasteiger partial charge on any atom is 0.275 e. The molecule has 110 valence electrons. The summed E-state index contributed by atoms with van der Waals surface area (Å²) in [6, 6.07) is 6.02. The molecule has 0 spiro atoms. The molecule has 1 aliphatic heterocycles. The third kappa shape index (κ3) is 2.80. The highest BCUT2D eigenvalue weighted by Gasteiger charge is 2.23. The van der Waals surface area contributed by atoms with Gasteiger partial charge in [-0.15, -0.1) is 0 Å². The van der Waals surface area contributed by atoms with Crippen LogP contribution in [0.4, 0.5) is 5.82 Å². The zero-order valence-corrected chi connectivity index (χ0v) is 12.3. The van der Waals surface area contributed by atoms with Crippen LogP contribution in [0, 0.1) is 0 Å². The van der Waals surface area contributed by atoms with Crippen molar-refractivity contribution >= 4 is 11.7 Å². The van der Waals surface area contributed by atoms with Crippen LogP contribution in [0.5, 0.6) is 0 Å². The van der Waals surface area contributed by atoms with E-state index >= 15 is 0 Å². The van der Waals surface area contributed by atoms with Gasteiger partial charge in [0.1, 0.15) is 11.5 Å². The first-order valence-electron chi connectivity index (χ1n) is 7.10. The van der Waals surface area contributed by atoms with E-state index in [0.29, 0.717) is 17.6 Å². The quantitative estimate of drug-likeness (QED) is 0.934. The Kier molecular flexibility index (Phi) is 3.70. The van der Waals surface area contributed by atoms with E-state index < -0.39 is 0 Å². The molecule has 1 unspecified atom stereocenters. The van der Waals surface area contributed by atoms with Gasteiger partial charge in [-0.1, -0.05) is 0 Å². The lowest BCUT2D eigenvalue weighted by Gasteiger charge is -2.19. The number of pyridine rings is 1. The first-order valence-corrected chi connectivity index (χ1v) is 7.10. The summed E-state index contributed by atoms with van der Waals surface area (Å²) in [6.07, 6.45) is 5.68. The molecule has 1 saturated heterocycles. The van der Waals surface area contributed by atoms with Crippen LogP contribution in [0.1, 0.15) is 34.9 Å². The van der Waals surface area contributed by atoms with Gasteiger partial charge in [0.15, 0.2) is 0 Å². The molecule has 0 radical (unpaired) electrons. The largest absolute Gasteiger partial charge is 0.305 e. The Hall–Kier alpha value is -2.21. The number of likely N-dealkylation sites (tertiary alicyclic amines) is 1. The molecule has 0 aliphatic carbocycles. The highest BCUT2D eigenvalue weighted by molar-refractivity contribution is 6.02. The van der Waals surface area contributed by atoms with Crippen molar-refractivity contribution in [2.45, 2.75) is 18.9 Å². The zero-order valence-electron chi connectivity index (χ0n) is 12.3. The Labute approximate surface area is 123 Å². The van der Waals surface area contributed by atoms with Gasteiger partial charge < -0.3 is 5.32 Å². The van der Waals surface area contributed by atoms with E-state index in [-0.39, 0.29) is 5.91 Å². The van der Waals surface area contributed by atoms with E-state index in [1.54, 1.807) is 30.2 Å². The molecule has 0 aromatic carbocycles. The minimum absolute atomic E-state index is 0.207. The fourth-order valence-corrected chi connectivity index (χ4v) is 2.79. The molecule has 1 amide bonds. The second kappa shape index (κ2) is 5.65. The van der Waals surface area contributed by atoms with Gasteiger partial charge in [0, 0.05) is 25.4 Å². The van der Waals surface area contributed by atoms with Crippen LogP contribution in [-0.2, 0) is 7.05 Å². The van der Waals surface area contributed by atoms with Gasteiger partial charge in [-0.2, -0.15) is 5.10 Å². The number of carbonyl (C=O) groups excluding carboxylic acids is 1. The van der Waals surface area contributed by atoms with E-state index in [0.717, 1.165) is 18.5 Å². The molecular formula is C15H19N5O. The van der Waals surface area contributed by atoms with Gasteiger partial charge >= 0.3 is 0 Å². The van der Waals surface area contributed by atoms with Crippen molar-refractivity contribution < 1.29 is 4.79 Å². The van der Waals surface area contributed by atoms with Crippen molar-refractivity contribution in [3.8, 4) is 0 Å². The summed E-state index contributed by atoms with van der Waals surface area (Å²) in [5.74, 6) is 0.450. The smallest absolute Gasteiger partial charge is 0.275 e. The normalized spacial score (nSPS) is 18.9. The molecule has 3 heterocycles. The molecule has 6 heteroatoms. The van der Waals surface area contributed by atoms with Crippen LogP contribution in [0.25, 0.3) is 0 Å². The van der Waals surface area contributed by atoms with Crippen LogP contribution in [0.3, 0.4) is 0 Å². The molecule has 1 fully saturated rings. The Morgan fingerprint density at radius 1 is 1.33 bits per heavy atom. The first kappa shape index (κ1) is 13.8. The number of nitrogens with one attached hydrogen (secondary N) is 1. The van der Waals surface area contributed by atoms with Gasteiger partial charge in [-0.3, -0.25) is 19.4 Å². The topological polar surface area (TPSA) is 63.1 Å². The van der Waals surface area contributed by atoms with Crippen molar-refractivity contribution in [2.75, 3.05) is 18.9 Å². The van der Waals surface area contributed by atoms with Crippen LogP contribution in [0.2, 0.25) is 0 Å². The molecule has 1 aliphatic rings. The number of hydrogen-bond donors (Lipinski definition) is 1. The Bertz CT molecular complexity index is 651. The highest BCUT2D eigenvalue weighted by atomic mass is 16.2. The number of hydrogen-bond acceptors (Lipinski definition) is 4. The Balaban J connectivity index is 1.79. The molecule has 3 rings (SSSR count). The SMILES string of the molecule is CN1CCCC1c1ccnc(C(=O)Nc2ccnn2C)c1. The van der Waals surface area contributed by atoms with Crippen LogP contribution >= 0.6 is 0 Å². The summed E-state index contributed by atoms with van der Waals surface area (Å²) in [5, 5.41) is 6.85. The van der Waals surface area contributed by atoms with Crippen molar-refractivity contribution in [2.24, 2.45) is 7.05 Å². The van der Waals surface area contributed by atoms with Crippen molar-refractivity contribution in [1.29, 1.82) is 0 Å². The van der Waals surface area contributed by atoms with Crippen molar-refractivity contribution in [1.82, 2.24) is 19.7 Å². The Morgan fingerprint density at radius 3 is 2.86 bits per heavy atom. The van der Waals surface area contributed by atoms with Crippen LogP contribution in [0.15, 0.2) is 30.6 Å². The third-order valence-electron chi connectivity index (χ3n) is 3.98. The molecule has 1 N–H and O–H groups in total. The second-order valence-corrected chi connectivity index (χ2v) is 5.41. The average Bonchev–Trinajstić information content (AvgIpc) is 3.08. The second-order valence-electron chi connectivity index (χ2n) is 5.41. The fourth-order valence-electron chi connectivity index (χ4n) is 2.79. The predicted molar refractivity (Wildman–Crippen MR) is 80.0 cm³/mol. The zero-order chi connectivity index (χ0) is 14.8. The lowest BCUT2D eigenvalue weighted by atomic mass is 10.1. The summed E-state index contributed by atoms with van der Waals surface area (Å²) in [7, 11) is 3.90. The van der Waals surface area contributed by atoms with Gasteiger partial charge in [0.2, 0.25) is 0 Å². The van der Waals surface area contributed by atoms with Crippen LogP contribution in [-0.4, -0.2) is 39.2 Å². The average molecular weight is 285 g/mol. The number of amides is 1. The number of anilines is 1.